The molecule has 4 saturated heterocycles. The molecule has 0 N–H and O–H groups in total. The van der Waals surface area contributed by atoms with Crippen LogP contribution in [0.5, 0.6) is 0 Å². The zero-order chi connectivity index (χ0) is 19.6. The number of rotatable bonds is 3. The Balaban J connectivity index is 1.54. The van der Waals surface area contributed by atoms with Gasteiger partial charge in [-0.05, 0) is 48.5 Å². The highest BCUT2D eigenvalue weighted by atomic mass is 31.2. The first kappa shape index (κ1) is 20.4. The zero-order valence-corrected chi connectivity index (χ0v) is 18.2. The van der Waals surface area contributed by atoms with Crippen LogP contribution >= 0.6 is 8.53 Å². The lowest BCUT2D eigenvalue weighted by Crippen LogP contribution is -2.44. The minimum absolute atomic E-state index is 0.0438. The molecule has 27 heavy (non-hydrogen) atoms. The number of ether oxygens (including phenoxy) is 5. The monoisotopic (exact) mass is 405 g/mol. The average molecular weight is 405 g/mol. The van der Waals surface area contributed by atoms with Gasteiger partial charge in [-0.15, -0.1) is 0 Å². The van der Waals surface area contributed by atoms with Gasteiger partial charge in [0.2, 0.25) is 0 Å². The first-order chi connectivity index (χ1) is 12.5. The third kappa shape index (κ3) is 4.06. The van der Waals surface area contributed by atoms with E-state index in [1.165, 1.54) is 0 Å². The summed E-state index contributed by atoms with van der Waals surface area (Å²) in [5, 5.41) is 0. The van der Waals surface area contributed by atoms with Gasteiger partial charge >= 0.3 is 0 Å². The summed E-state index contributed by atoms with van der Waals surface area (Å²) in [5.74, 6) is -1.34. The highest BCUT2D eigenvalue weighted by Gasteiger charge is 2.60. The number of fused-ring (bicyclic) bond motifs is 1. The largest absolute Gasteiger partial charge is 0.348 e. The van der Waals surface area contributed by atoms with Gasteiger partial charge < -0.3 is 32.7 Å². The summed E-state index contributed by atoms with van der Waals surface area (Å²) in [4.78, 5) is 0. The lowest BCUT2D eigenvalue weighted by Gasteiger charge is -2.36. The van der Waals surface area contributed by atoms with E-state index >= 15 is 0 Å². The summed E-state index contributed by atoms with van der Waals surface area (Å²) < 4.78 is 44.8. The predicted molar refractivity (Wildman–Crippen MR) is 97.8 cm³/mol. The van der Waals surface area contributed by atoms with E-state index in [4.69, 9.17) is 32.7 Å². The van der Waals surface area contributed by atoms with E-state index in [0.717, 1.165) is 6.54 Å². The summed E-state index contributed by atoms with van der Waals surface area (Å²) >= 11 is 0. The van der Waals surface area contributed by atoms with E-state index in [1.807, 2.05) is 27.7 Å². The molecule has 4 heterocycles. The maximum Gasteiger partial charge on any atom is 0.259 e. The van der Waals surface area contributed by atoms with E-state index in [1.54, 1.807) is 0 Å². The maximum atomic E-state index is 6.51. The van der Waals surface area contributed by atoms with Crippen molar-refractivity contribution in [2.24, 2.45) is 0 Å². The Morgan fingerprint density at radius 2 is 1.74 bits per heavy atom. The molecule has 4 aliphatic heterocycles. The molecule has 4 rings (SSSR count). The van der Waals surface area contributed by atoms with Gasteiger partial charge in [0.25, 0.3) is 8.53 Å². The van der Waals surface area contributed by atoms with Gasteiger partial charge in [0, 0.05) is 12.1 Å². The Bertz CT molecular complexity index is 566. The van der Waals surface area contributed by atoms with E-state index in [2.05, 4.69) is 25.4 Å². The molecule has 156 valence electrons. The van der Waals surface area contributed by atoms with Crippen LogP contribution in [0, 0.1) is 0 Å². The summed E-state index contributed by atoms with van der Waals surface area (Å²) in [5.41, 5.74) is -0.0438. The van der Waals surface area contributed by atoms with Crippen LogP contribution < -0.4 is 0 Å². The van der Waals surface area contributed by atoms with Crippen molar-refractivity contribution in [3.63, 3.8) is 0 Å². The van der Waals surface area contributed by atoms with Crippen molar-refractivity contribution in [3.8, 4) is 0 Å². The van der Waals surface area contributed by atoms with Gasteiger partial charge in [-0.2, -0.15) is 0 Å². The van der Waals surface area contributed by atoms with Crippen molar-refractivity contribution in [1.82, 2.24) is 4.67 Å². The van der Waals surface area contributed by atoms with Crippen molar-refractivity contribution >= 4 is 8.53 Å². The third-order valence-corrected chi connectivity index (χ3v) is 7.13. The third-order valence-electron chi connectivity index (χ3n) is 5.11. The summed E-state index contributed by atoms with van der Waals surface area (Å²) in [6, 6.07) is 0. The Morgan fingerprint density at radius 1 is 1.00 bits per heavy atom. The average Bonchev–Trinajstić information content (AvgIpc) is 3.23. The Morgan fingerprint density at radius 3 is 2.37 bits per heavy atom. The van der Waals surface area contributed by atoms with Crippen LogP contribution in [-0.4, -0.2) is 72.2 Å². The number of hydrogen-bond acceptors (Lipinski definition) is 8. The smallest absolute Gasteiger partial charge is 0.259 e. The lowest BCUT2D eigenvalue weighted by atomic mass is 10.1. The summed E-state index contributed by atoms with van der Waals surface area (Å²) in [6.07, 6.45) is -1.75. The molecule has 0 aliphatic carbocycles. The molecular weight excluding hydrogens is 373 g/mol. The van der Waals surface area contributed by atoms with Gasteiger partial charge in [-0.25, -0.2) is 4.67 Å². The van der Waals surface area contributed by atoms with Crippen LogP contribution in [0.1, 0.15) is 48.5 Å². The standard InChI is InChI=1S/C18H32NO7P/c1-16(2,3)19-8-9-21-27(19)26-13-12(11-10-20-17(4,5)23-11)22-15-14(13)24-18(6,7)25-15/h11-15H,8-10H2,1-7H3/t11-,12-,13+,14-,15+,27?/m1/s1. The van der Waals surface area contributed by atoms with Crippen molar-refractivity contribution in [2.75, 3.05) is 19.8 Å². The fraction of sp³-hybridized carbons (Fsp3) is 1.00. The molecule has 0 spiro atoms. The lowest BCUT2D eigenvalue weighted by molar-refractivity contribution is -0.230. The normalized spacial score (nSPS) is 44.1. The van der Waals surface area contributed by atoms with Gasteiger partial charge in [0.1, 0.15) is 24.4 Å². The van der Waals surface area contributed by atoms with Crippen molar-refractivity contribution in [1.29, 1.82) is 0 Å². The van der Waals surface area contributed by atoms with Gasteiger partial charge in [-0.1, -0.05) is 0 Å². The molecule has 4 fully saturated rings. The molecule has 6 atom stereocenters. The van der Waals surface area contributed by atoms with Crippen LogP contribution in [0.3, 0.4) is 0 Å². The van der Waals surface area contributed by atoms with Gasteiger partial charge in [0.15, 0.2) is 17.9 Å². The Labute approximate surface area is 162 Å². The molecule has 0 saturated carbocycles. The first-order valence-corrected chi connectivity index (χ1v) is 10.8. The zero-order valence-electron chi connectivity index (χ0n) is 17.3. The molecule has 8 nitrogen and oxygen atoms in total. The first-order valence-electron chi connectivity index (χ1n) is 9.65. The highest BCUT2D eigenvalue weighted by molar-refractivity contribution is 7.44. The van der Waals surface area contributed by atoms with Crippen molar-refractivity contribution in [3.05, 3.63) is 0 Å². The molecule has 0 aromatic heterocycles. The molecule has 0 aromatic carbocycles. The molecule has 0 bridgehead atoms. The van der Waals surface area contributed by atoms with E-state index in [0.29, 0.717) is 13.2 Å². The molecule has 9 heteroatoms. The minimum Gasteiger partial charge on any atom is -0.348 e. The number of nitrogens with zero attached hydrogens (tertiary/aromatic N) is 1. The fourth-order valence-corrected chi connectivity index (χ4v) is 5.66. The highest BCUT2D eigenvalue weighted by Crippen LogP contribution is 2.55. The molecule has 4 aliphatic rings. The van der Waals surface area contributed by atoms with Crippen molar-refractivity contribution < 1.29 is 32.7 Å². The van der Waals surface area contributed by atoms with Crippen LogP contribution in [0.25, 0.3) is 0 Å². The quantitative estimate of drug-likeness (QED) is 0.664. The van der Waals surface area contributed by atoms with Crippen LogP contribution in [-0.2, 0) is 32.7 Å². The van der Waals surface area contributed by atoms with E-state index in [-0.39, 0.29) is 30.0 Å². The SMILES string of the molecule is CC1(C)O[C@@H]2O[C@H]([C@H]3COC(C)(C)O3)[C@H](OP3OCCN3C(C)(C)C)[C@H]2O1. The molecule has 1 unspecified atom stereocenters. The molecular formula is C18H32NO7P. The Kier molecular flexibility index (Phi) is 5.15. The van der Waals surface area contributed by atoms with Gasteiger partial charge in [-0.3, -0.25) is 0 Å². The van der Waals surface area contributed by atoms with Gasteiger partial charge in [0.05, 0.1) is 13.2 Å². The summed E-state index contributed by atoms with van der Waals surface area (Å²) in [7, 11) is -1.21. The van der Waals surface area contributed by atoms with Crippen LogP contribution in [0.4, 0.5) is 0 Å². The fourth-order valence-electron chi connectivity index (χ4n) is 3.93. The van der Waals surface area contributed by atoms with E-state index < -0.39 is 26.4 Å². The second-order valence-corrected chi connectivity index (χ2v) is 10.8. The molecule has 0 amide bonds. The summed E-state index contributed by atoms with van der Waals surface area (Å²) in [6.45, 7) is 16.0. The van der Waals surface area contributed by atoms with E-state index in [9.17, 15) is 0 Å². The Hall–Kier alpha value is 0.110. The predicted octanol–water partition coefficient (Wildman–Crippen LogP) is 2.76. The molecule has 0 aromatic rings. The maximum absolute atomic E-state index is 6.51. The molecule has 0 radical (unpaired) electrons. The van der Waals surface area contributed by atoms with Crippen molar-refractivity contribution in [2.45, 2.75) is 96.3 Å². The second kappa shape index (κ2) is 6.83. The topological polar surface area (TPSA) is 67.9 Å². The van der Waals surface area contributed by atoms with Crippen LogP contribution in [0.2, 0.25) is 0 Å². The second-order valence-electron chi connectivity index (χ2n) is 9.37. The minimum atomic E-state index is -1.21. The van der Waals surface area contributed by atoms with Crippen LogP contribution in [0.15, 0.2) is 0 Å². The number of hydrogen-bond donors (Lipinski definition) is 0.